The molecule has 0 heterocycles. The number of esters is 1. The summed E-state index contributed by atoms with van der Waals surface area (Å²) < 4.78 is 21.1. The number of hydrogen-bond donors (Lipinski definition) is 0. The fourth-order valence-corrected chi connectivity index (χ4v) is 1.86. The van der Waals surface area contributed by atoms with E-state index in [9.17, 15) is 4.79 Å². The van der Waals surface area contributed by atoms with Crippen LogP contribution in [0.15, 0.2) is 30.4 Å². The van der Waals surface area contributed by atoms with Gasteiger partial charge in [0, 0.05) is 17.7 Å². The molecular weight excluding hydrogens is 284 g/mol. The molecule has 0 aromatic heterocycles. The highest BCUT2D eigenvalue weighted by molar-refractivity contribution is 5.87. The molecule has 22 heavy (non-hydrogen) atoms. The third-order valence-corrected chi connectivity index (χ3v) is 3.06. The minimum absolute atomic E-state index is 0.149. The molecule has 0 bridgehead atoms. The number of hydrogen-bond acceptors (Lipinski definition) is 5. The fourth-order valence-electron chi connectivity index (χ4n) is 1.86. The summed E-state index contributed by atoms with van der Waals surface area (Å²) in [6, 6.07) is 3.55. The second kappa shape index (κ2) is 8.12. The first-order chi connectivity index (χ1) is 10.4. The molecule has 0 aliphatic heterocycles. The van der Waals surface area contributed by atoms with E-state index in [1.807, 2.05) is 6.92 Å². The third-order valence-electron chi connectivity index (χ3n) is 3.06. The van der Waals surface area contributed by atoms with Crippen molar-refractivity contribution in [1.82, 2.24) is 0 Å². The Bertz CT molecular complexity index is 562. The van der Waals surface area contributed by atoms with Gasteiger partial charge in [0.05, 0.1) is 26.9 Å². The molecule has 5 nitrogen and oxygen atoms in total. The second-order valence-electron chi connectivity index (χ2n) is 4.67. The van der Waals surface area contributed by atoms with Crippen LogP contribution in [-0.2, 0) is 9.53 Å². The van der Waals surface area contributed by atoms with Crippen LogP contribution in [0.25, 0.3) is 5.57 Å². The van der Waals surface area contributed by atoms with Gasteiger partial charge in [-0.05, 0) is 25.5 Å². The maximum absolute atomic E-state index is 11.4. The average molecular weight is 306 g/mol. The molecular formula is C17H22O5. The second-order valence-corrected chi connectivity index (χ2v) is 4.67. The van der Waals surface area contributed by atoms with Crippen molar-refractivity contribution in [3.63, 3.8) is 0 Å². The Hall–Kier alpha value is -2.43. The smallest absolute Gasteiger partial charge is 0.333 e. The summed E-state index contributed by atoms with van der Waals surface area (Å²) >= 11 is 0. The zero-order chi connectivity index (χ0) is 16.7. The summed E-state index contributed by atoms with van der Waals surface area (Å²) in [6.45, 7) is 7.18. The van der Waals surface area contributed by atoms with Crippen molar-refractivity contribution in [3.8, 4) is 17.2 Å². The Morgan fingerprint density at radius 2 is 1.64 bits per heavy atom. The fraction of sp³-hybridized carbons (Fsp3) is 0.353. The summed E-state index contributed by atoms with van der Waals surface area (Å²) in [5.74, 6) is 1.46. The van der Waals surface area contributed by atoms with E-state index in [4.69, 9.17) is 18.9 Å². The maximum atomic E-state index is 11.4. The molecule has 0 radical (unpaired) electrons. The number of carbonyl (C=O) groups is 1. The molecule has 0 unspecified atom stereocenters. The molecule has 0 fully saturated rings. The number of rotatable bonds is 7. The first kappa shape index (κ1) is 17.6. The molecule has 0 aliphatic carbocycles. The van der Waals surface area contributed by atoms with Gasteiger partial charge in [0.2, 0.25) is 0 Å². The van der Waals surface area contributed by atoms with E-state index in [0.29, 0.717) is 22.8 Å². The Morgan fingerprint density at radius 1 is 1.09 bits per heavy atom. The molecule has 0 saturated heterocycles. The van der Waals surface area contributed by atoms with E-state index in [2.05, 4.69) is 6.58 Å². The van der Waals surface area contributed by atoms with Crippen LogP contribution in [-0.4, -0.2) is 33.9 Å². The van der Waals surface area contributed by atoms with Crippen molar-refractivity contribution >= 4 is 11.5 Å². The zero-order valence-corrected chi connectivity index (χ0v) is 13.7. The van der Waals surface area contributed by atoms with Crippen molar-refractivity contribution in [1.29, 1.82) is 0 Å². The minimum atomic E-state index is -0.419. The average Bonchev–Trinajstić information content (AvgIpc) is 2.52. The summed E-state index contributed by atoms with van der Waals surface area (Å²) in [4.78, 5) is 11.4. The largest absolute Gasteiger partial charge is 0.496 e. The highest BCUT2D eigenvalue weighted by Gasteiger charge is 2.14. The molecule has 1 aromatic rings. The molecule has 0 N–H and O–H groups in total. The molecule has 0 aliphatic rings. The van der Waals surface area contributed by atoms with Crippen molar-refractivity contribution in [2.45, 2.75) is 13.8 Å². The van der Waals surface area contributed by atoms with Crippen molar-refractivity contribution in [2.24, 2.45) is 0 Å². The topological polar surface area (TPSA) is 54.0 Å². The number of carbonyl (C=O) groups excluding carboxylic acids is 1. The first-order valence-corrected chi connectivity index (χ1v) is 6.74. The van der Waals surface area contributed by atoms with Crippen LogP contribution < -0.4 is 14.2 Å². The Labute approximate surface area is 131 Å². The van der Waals surface area contributed by atoms with Gasteiger partial charge in [0.15, 0.2) is 0 Å². The highest BCUT2D eigenvalue weighted by atomic mass is 16.5. The molecule has 120 valence electrons. The van der Waals surface area contributed by atoms with E-state index in [-0.39, 0.29) is 6.61 Å². The number of methoxy groups -OCH3 is 3. The lowest BCUT2D eigenvalue weighted by Crippen LogP contribution is -2.05. The summed E-state index contributed by atoms with van der Waals surface area (Å²) in [5, 5.41) is 0. The monoisotopic (exact) mass is 306 g/mol. The van der Waals surface area contributed by atoms with Gasteiger partial charge in [-0.15, -0.1) is 0 Å². The molecule has 0 spiro atoms. The third kappa shape index (κ3) is 4.28. The quantitative estimate of drug-likeness (QED) is 0.572. The Kier molecular flexibility index (Phi) is 6.50. The molecule has 0 amide bonds. The number of ether oxygens (including phenoxy) is 4. The van der Waals surface area contributed by atoms with E-state index in [0.717, 1.165) is 11.1 Å². The van der Waals surface area contributed by atoms with E-state index in [1.54, 1.807) is 46.5 Å². The van der Waals surface area contributed by atoms with Crippen LogP contribution in [0.4, 0.5) is 0 Å². The molecule has 0 saturated carbocycles. The highest BCUT2D eigenvalue weighted by Crippen LogP contribution is 2.38. The van der Waals surface area contributed by atoms with Gasteiger partial charge in [0.25, 0.3) is 0 Å². The summed E-state index contributed by atoms with van der Waals surface area (Å²) in [6.07, 6.45) is 1.79. The van der Waals surface area contributed by atoms with Gasteiger partial charge in [-0.3, -0.25) is 0 Å². The molecule has 0 atom stereocenters. The van der Waals surface area contributed by atoms with E-state index < -0.39 is 5.97 Å². The van der Waals surface area contributed by atoms with Crippen molar-refractivity contribution in [3.05, 3.63) is 35.9 Å². The van der Waals surface area contributed by atoms with Gasteiger partial charge in [-0.2, -0.15) is 0 Å². The van der Waals surface area contributed by atoms with Gasteiger partial charge >= 0.3 is 5.97 Å². The lowest BCUT2D eigenvalue weighted by molar-refractivity contribution is -0.137. The summed E-state index contributed by atoms with van der Waals surface area (Å²) in [7, 11) is 4.73. The zero-order valence-electron chi connectivity index (χ0n) is 13.7. The predicted octanol–water partition coefficient (Wildman–Crippen LogP) is 3.24. The normalized spacial score (nSPS) is 10.9. The van der Waals surface area contributed by atoms with Gasteiger partial charge in [0.1, 0.15) is 23.9 Å². The van der Waals surface area contributed by atoms with Crippen LogP contribution in [0.2, 0.25) is 0 Å². The maximum Gasteiger partial charge on any atom is 0.333 e. The van der Waals surface area contributed by atoms with Crippen LogP contribution in [0.5, 0.6) is 17.2 Å². The lowest BCUT2D eigenvalue weighted by Gasteiger charge is -2.15. The number of benzene rings is 1. The van der Waals surface area contributed by atoms with Crippen molar-refractivity contribution < 1.29 is 23.7 Å². The van der Waals surface area contributed by atoms with Gasteiger partial charge in [-0.1, -0.05) is 6.58 Å². The number of allylic oxidation sites excluding steroid dienone is 1. The predicted molar refractivity (Wildman–Crippen MR) is 85.5 cm³/mol. The van der Waals surface area contributed by atoms with E-state index in [1.165, 1.54) is 0 Å². The van der Waals surface area contributed by atoms with Gasteiger partial charge < -0.3 is 18.9 Å². The molecule has 1 rings (SSSR count). The van der Waals surface area contributed by atoms with Crippen LogP contribution in [0.3, 0.4) is 0 Å². The van der Waals surface area contributed by atoms with E-state index >= 15 is 0 Å². The lowest BCUT2D eigenvalue weighted by atomic mass is 10.0. The first-order valence-electron chi connectivity index (χ1n) is 6.74. The van der Waals surface area contributed by atoms with Crippen LogP contribution in [0.1, 0.15) is 19.4 Å². The SMILES string of the molecule is C=C(C)C(=O)OCC=C(C)c1c(OC)cc(OC)cc1OC. The minimum Gasteiger partial charge on any atom is -0.496 e. The standard InChI is InChI=1S/C17H22O5/c1-11(2)17(18)22-8-7-12(3)16-14(20-5)9-13(19-4)10-15(16)21-6/h7,9-10H,1,8H2,2-6H3. The van der Waals surface area contributed by atoms with Crippen LogP contribution >= 0.6 is 0 Å². The van der Waals surface area contributed by atoms with Crippen molar-refractivity contribution in [2.75, 3.05) is 27.9 Å². The summed E-state index contributed by atoms with van der Waals surface area (Å²) in [5.41, 5.74) is 2.02. The molecule has 5 heteroatoms. The Morgan fingerprint density at radius 3 is 2.05 bits per heavy atom. The van der Waals surface area contributed by atoms with Gasteiger partial charge in [-0.25, -0.2) is 4.79 Å². The Balaban J connectivity index is 3.07. The van der Waals surface area contributed by atoms with Crippen LogP contribution in [0, 0.1) is 0 Å². The molecule has 1 aromatic carbocycles.